The highest BCUT2D eigenvalue weighted by molar-refractivity contribution is 6.17. The molecule has 0 aromatic heterocycles. The van der Waals surface area contributed by atoms with Gasteiger partial charge in [0.2, 0.25) is 0 Å². The smallest absolute Gasteiger partial charge is 0.343 e. The van der Waals surface area contributed by atoms with E-state index in [4.69, 9.17) is 22.0 Å². The predicted molar refractivity (Wildman–Crippen MR) is 54.3 cm³/mol. The van der Waals surface area contributed by atoms with Crippen LogP contribution in [0, 0.1) is 21.4 Å². The number of aromatic carboxylic acids is 1. The van der Waals surface area contributed by atoms with Crippen molar-refractivity contribution in [1.29, 1.82) is 5.26 Å². The fourth-order valence-corrected chi connectivity index (χ4v) is 1.46. The Hall–Kier alpha value is -2.13. The molecule has 0 saturated carbocycles. The molecular weight excluding hydrogens is 236 g/mol. The normalized spacial score (nSPS) is 9.50. The van der Waals surface area contributed by atoms with Gasteiger partial charge in [0.25, 0.3) is 5.69 Å². The van der Waals surface area contributed by atoms with Gasteiger partial charge >= 0.3 is 5.97 Å². The molecule has 0 bridgehead atoms. The first-order valence-corrected chi connectivity index (χ1v) is 4.55. The van der Waals surface area contributed by atoms with E-state index < -0.39 is 22.1 Å². The zero-order chi connectivity index (χ0) is 12.3. The van der Waals surface area contributed by atoms with Crippen LogP contribution in [-0.4, -0.2) is 16.0 Å². The van der Waals surface area contributed by atoms with Crippen molar-refractivity contribution in [3.05, 3.63) is 38.9 Å². The topological polar surface area (TPSA) is 104 Å². The van der Waals surface area contributed by atoms with Crippen LogP contribution in [0.1, 0.15) is 21.5 Å². The predicted octanol–water partition coefficient (Wildman–Crippen LogP) is 1.90. The van der Waals surface area contributed by atoms with Gasteiger partial charge in [-0.1, -0.05) is 0 Å². The molecule has 0 spiro atoms. The van der Waals surface area contributed by atoms with Crippen molar-refractivity contribution < 1.29 is 14.8 Å². The molecule has 0 fully saturated rings. The van der Waals surface area contributed by atoms with E-state index in [0.717, 1.165) is 6.07 Å². The minimum Gasteiger partial charge on any atom is -0.477 e. The van der Waals surface area contributed by atoms with Crippen molar-refractivity contribution in [2.75, 3.05) is 0 Å². The first-order valence-electron chi connectivity index (χ1n) is 4.02. The number of nitriles is 1. The number of halogens is 1. The molecule has 0 amide bonds. The quantitative estimate of drug-likeness (QED) is 0.494. The molecule has 7 heteroatoms. The van der Waals surface area contributed by atoms with Crippen molar-refractivity contribution in [1.82, 2.24) is 0 Å². The molecule has 0 radical (unpaired) electrons. The number of hydrogen-bond acceptors (Lipinski definition) is 4. The van der Waals surface area contributed by atoms with Gasteiger partial charge in [-0.15, -0.1) is 11.6 Å². The van der Waals surface area contributed by atoms with Crippen molar-refractivity contribution in [3.8, 4) is 6.07 Å². The van der Waals surface area contributed by atoms with E-state index >= 15 is 0 Å². The number of carbonyl (C=O) groups is 1. The average Bonchev–Trinajstić information content (AvgIpc) is 2.26. The van der Waals surface area contributed by atoms with Gasteiger partial charge in [0.1, 0.15) is 5.56 Å². The molecule has 0 heterocycles. The molecule has 1 aromatic rings. The summed E-state index contributed by atoms with van der Waals surface area (Å²) in [7, 11) is 0. The highest BCUT2D eigenvalue weighted by Crippen LogP contribution is 2.25. The van der Waals surface area contributed by atoms with Crippen LogP contribution >= 0.6 is 11.6 Å². The summed E-state index contributed by atoms with van der Waals surface area (Å²) >= 11 is 5.49. The maximum absolute atomic E-state index is 10.9. The number of carboxylic acids is 1. The number of rotatable bonds is 3. The molecular formula is C9H5ClN2O4. The van der Waals surface area contributed by atoms with Crippen LogP contribution in [0.15, 0.2) is 12.1 Å². The highest BCUT2D eigenvalue weighted by Gasteiger charge is 2.24. The van der Waals surface area contributed by atoms with Crippen LogP contribution in [0.3, 0.4) is 0 Å². The number of benzene rings is 1. The van der Waals surface area contributed by atoms with Crippen LogP contribution in [0.5, 0.6) is 0 Å². The minimum atomic E-state index is -1.44. The summed E-state index contributed by atoms with van der Waals surface area (Å²) in [6.45, 7) is 0. The summed E-state index contributed by atoms with van der Waals surface area (Å²) in [5.74, 6) is -1.65. The molecule has 0 aliphatic rings. The second kappa shape index (κ2) is 4.59. The number of carboxylic acid groups (broad SMARTS) is 1. The van der Waals surface area contributed by atoms with Crippen LogP contribution < -0.4 is 0 Å². The first-order chi connectivity index (χ1) is 7.51. The summed E-state index contributed by atoms with van der Waals surface area (Å²) in [4.78, 5) is 20.7. The third-order valence-corrected chi connectivity index (χ3v) is 2.17. The van der Waals surface area contributed by atoms with Gasteiger partial charge in [0.15, 0.2) is 0 Å². The van der Waals surface area contributed by atoms with E-state index in [1.165, 1.54) is 6.07 Å². The van der Waals surface area contributed by atoms with E-state index in [1.54, 1.807) is 6.07 Å². The van der Waals surface area contributed by atoms with Gasteiger partial charge in [-0.2, -0.15) is 5.26 Å². The Labute approximate surface area is 94.8 Å². The van der Waals surface area contributed by atoms with E-state index in [2.05, 4.69) is 0 Å². The summed E-state index contributed by atoms with van der Waals surface area (Å²) < 4.78 is 0. The van der Waals surface area contributed by atoms with Crippen molar-refractivity contribution in [2.45, 2.75) is 5.88 Å². The second-order valence-electron chi connectivity index (χ2n) is 2.84. The maximum atomic E-state index is 10.9. The molecule has 0 unspecified atom stereocenters. The molecule has 16 heavy (non-hydrogen) atoms. The Kier molecular flexibility index (Phi) is 3.43. The van der Waals surface area contributed by atoms with Gasteiger partial charge < -0.3 is 5.11 Å². The van der Waals surface area contributed by atoms with E-state index in [-0.39, 0.29) is 17.0 Å². The van der Waals surface area contributed by atoms with E-state index in [0.29, 0.717) is 0 Å². The molecule has 0 atom stereocenters. The summed E-state index contributed by atoms with van der Waals surface area (Å²) in [6.07, 6.45) is 0. The van der Waals surface area contributed by atoms with Crippen molar-refractivity contribution in [2.24, 2.45) is 0 Å². The van der Waals surface area contributed by atoms with Crippen LogP contribution in [0.4, 0.5) is 5.69 Å². The largest absolute Gasteiger partial charge is 0.477 e. The lowest BCUT2D eigenvalue weighted by Crippen LogP contribution is -2.07. The lowest BCUT2D eigenvalue weighted by molar-refractivity contribution is -0.385. The summed E-state index contributed by atoms with van der Waals surface area (Å²) in [6, 6.07) is 3.85. The lowest BCUT2D eigenvalue weighted by Gasteiger charge is -2.04. The third-order valence-electron chi connectivity index (χ3n) is 1.88. The fraction of sp³-hybridized carbons (Fsp3) is 0.111. The van der Waals surface area contributed by atoms with E-state index in [1.807, 2.05) is 0 Å². The Morgan fingerprint density at radius 1 is 1.62 bits per heavy atom. The number of nitro groups is 1. The fourth-order valence-electron chi connectivity index (χ4n) is 1.25. The Morgan fingerprint density at radius 2 is 2.25 bits per heavy atom. The average molecular weight is 241 g/mol. The number of hydrogen-bond donors (Lipinski definition) is 1. The number of nitro benzene ring substituents is 1. The first kappa shape index (κ1) is 11.9. The van der Waals surface area contributed by atoms with Crippen LogP contribution in [0.25, 0.3) is 0 Å². The molecule has 0 aliphatic carbocycles. The standard InChI is InChI=1S/C9H5ClN2O4/c10-3-6-1-5(4-11)2-7(12(15)16)8(6)9(13)14/h1-2H,3H2,(H,13,14). The summed E-state index contributed by atoms with van der Waals surface area (Å²) in [5.41, 5.74) is -1.03. The Morgan fingerprint density at radius 3 is 2.62 bits per heavy atom. The van der Waals surface area contributed by atoms with Crippen molar-refractivity contribution >= 4 is 23.3 Å². The van der Waals surface area contributed by atoms with Gasteiger partial charge in [-0.3, -0.25) is 10.1 Å². The monoisotopic (exact) mass is 240 g/mol. The zero-order valence-electron chi connectivity index (χ0n) is 7.81. The zero-order valence-corrected chi connectivity index (χ0v) is 8.56. The molecule has 0 aliphatic heterocycles. The van der Waals surface area contributed by atoms with Gasteiger partial charge in [0, 0.05) is 11.9 Å². The number of alkyl halides is 1. The van der Waals surface area contributed by atoms with Gasteiger partial charge in [-0.25, -0.2) is 4.79 Å². The van der Waals surface area contributed by atoms with E-state index in [9.17, 15) is 14.9 Å². The molecule has 0 saturated heterocycles. The van der Waals surface area contributed by atoms with Crippen molar-refractivity contribution in [3.63, 3.8) is 0 Å². The SMILES string of the molecule is N#Cc1cc(CCl)c(C(=O)O)c([N+](=O)[O-])c1. The number of nitrogens with zero attached hydrogens (tertiary/aromatic N) is 2. The highest BCUT2D eigenvalue weighted by atomic mass is 35.5. The maximum Gasteiger partial charge on any atom is 0.343 e. The second-order valence-corrected chi connectivity index (χ2v) is 3.10. The minimum absolute atomic E-state index is 0.00681. The molecule has 82 valence electrons. The summed E-state index contributed by atoms with van der Waals surface area (Å²) in [5, 5.41) is 28.1. The molecule has 1 aromatic carbocycles. The molecule has 1 N–H and O–H groups in total. The molecule has 1 rings (SSSR count). The molecule has 6 nitrogen and oxygen atoms in total. The Bertz CT molecular complexity index is 507. The Balaban J connectivity index is 3.62. The lowest BCUT2D eigenvalue weighted by atomic mass is 10.0. The van der Waals surface area contributed by atoms with Gasteiger partial charge in [-0.05, 0) is 11.6 Å². The van der Waals surface area contributed by atoms with Crippen LogP contribution in [0.2, 0.25) is 0 Å². The van der Waals surface area contributed by atoms with Crippen LogP contribution in [-0.2, 0) is 5.88 Å². The van der Waals surface area contributed by atoms with Gasteiger partial charge in [0.05, 0.1) is 16.6 Å². The third kappa shape index (κ3) is 2.10.